The van der Waals surface area contributed by atoms with Crippen molar-refractivity contribution in [2.24, 2.45) is 11.3 Å². The normalized spacial score (nSPS) is 37.3. The number of hydrogen-bond acceptors (Lipinski definition) is 2. The van der Waals surface area contributed by atoms with E-state index in [2.05, 4.69) is 24.5 Å². The summed E-state index contributed by atoms with van der Waals surface area (Å²) in [4.78, 5) is 0. The SMILES string of the molecule is CC1NCCCNCC1(C)C1CCCCCCC1. The molecule has 2 fully saturated rings. The molecule has 106 valence electrons. The molecule has 0 aromatic rings. The van der Waals surface area contributed by atoms with E-state index < -0.39 is 0 Å². The number of rotatable bonds is 1. The zero-order valence-electron chi connectivity index (χ0n) is 12.4. The summed E-state index contributed by atoms with van der Waals surface area (Å²) in [6, 6.07) is 0.648. The fourth-order valence-corrected chi connectivity index (χ4v) is 3.89. The summed E-state index contributed by atoms with van der Waals surface area (Å²) in [5.74, 6) is 0.908. The maximum absolute atomic E-state index is 3.77. The Morgan fingerprint density at radius 2 is 1.56 bits per heavy atom. The van der Waals surface area contributed by atoms with Gasteiger partial charge in [0.25, 0.3) is 0 Å². The van der Waals surface area contributed by atoms with Crippen LogP contribution in [0.5, 0.6) is 0 Å². The van der Waals surface area contributed by atoms with E-state index in [4.69, 9.17) is 0 Å². The third-order valence-electron chi connectivity index (χ3n) is 5.51. The van der Waals surface area contributed by atoms with Gasteiger partial charge in [0.2, 0.25) is 0 Å². The first kappa shape index (κ1) is 14.3. The average molecular weight is 252 g/mol. The second-order valence-electron chi connectivity index (χ2n) is 6.75. The van der Waals surface area contributed by atoms with Gasteiger partial charge in [0.1, 0.15) is 0 Å². The minimum Gasteiger partial charge on any atom is -0.316 e. The summed E-state index contributed by atoms with van der Waals surface area (Å²) in [5, 5.41) is 7.47. The zero-order chi connectivity index (χ0) is 12.8. The average Bonchev–Trinajstić information content (AvgIpc) is 2.30. The molecule has 1 saturated heterocycles. The van der Waals surface area contributed by atoms with Crippen LogP contribution in [0.25, 0.3) is 0 Å². The van der Waals surface area contributed by atoms with Crippen molar-refractivity contribution in [1.82, 2.24) is 10.6 Å². The molecule has 2 rings (SSSR count). The second kappa shape index (κ2) is 6.91. The summed E-state index contributed by atoms with van der Waals surface area (Å²) < 4.78 is 0. The number of nitrogens with one attached hydrogen (secondary N) is 2. The van der Waals surface area contributed by atoms with Gasteiger partial charge in [0.05, 0.1) is 0 Å². The lowest BCUT2D eigenvalue weighted by molar-refractivity contribution is 0.0932. The Morgan fingerprint density at radius 1 is 0.889 bits per heavy atom. The van der Waals surface area contributed by atoms with Crippen molar-refractivity contribution in [3.05, 3.63) is 0 Å². The molecule has 0 aromatic carbocycles. The Hall–Kier alpha value is -0.0800. The molecule has 1 aliphatic carbocycles. The van der Waals surface area contributed by atoms with Gasteiger partial charge < -0.3 is 10.6 Å². The maximum Gasteiger partial charge on any atom is 0.0107 e. The van der Waals surface area contributed by atoms with Crippen LogP contribution in [-0.2, 0) is 0 Å². The van der Waals surface area contributed by atoms with E-state index in [1.165, 1.54) is 71.0 Å². The molecular formula is C16H32N2. The molecule has 1 saturated carbocycles. The third kappa shape index (κ3) is 3.48. The summed E-state index contributed by atoms with van der Waals surface area (Å²) in [6.07, 6.45) is 11.5. The molecule has 1 heterocycles. The Morgan fingerprint density at radius 3 is 2.28 bits per heavy atom. The van der Waals surface area contributed by atoms with E-state index in [0.717, 1.165) is 5.92 Å². The van der Waals surface area contributed by atoms with E-state index in [0.29, 0.717) is 11.5 Å². The van der Waals surface area contributed by atoms with E-state index in [-0.39, 0.29) is 0 Å². The minimum absolute atomic E-state index is 0.442. The molecule has 2 aliphatic rings. The highest BCUT2D eigenvalue weighted by molar-refractivity contribution is 4.93. The highest BCUT2D eigenvalue weighted by atomic mass is 15.0. The van der Waals surface area contributed by atoms with E-state index in [1.807, 2.05) is 0 Å². The van der Waals surface area contributed by atoms with Gasteiger partial charge in [-0.2, -0.15) is 0 Å². The second-order valence-corrected chi connectivity index (χ2v) is 6.75. The van der Waals surface area contributed by atoms with Crippen molar-refractivity contribution in [2.45, 2.75) is 71.3 Å². The quantitative estimate of drug-likeness (QED) is 0.748. The molecule has 2 N–H and O–H groups in total. The first-order valence-electron chi connectivity index (χ1n) is 8.17. The van der Waals surface area contributed by atoms with Gasteiger partial charge in [-0.1, -0.05) is 39.0 Å². The van der Waals surface area contributed by atoms with Gasteiger partial charge in [-0.15, -0.1) is 0 Å². The largest absolute Gasteiger partial charge is 0.316 e. The van der Waals surface area contributed by atoms with Crippen LogP contribution < -0.4 is 10.6 Å². The predicted octanol–water partition coefficient (Wildman–Crippen LogP) is 3.32. The standard InChI is InChI=1S/C16H32N2/c1-14-16(2,13-17-11-8-12-18-14)15-9-6-4-3-5-7-10-15/h14-15,17-18H,3-13H2,1-2H3. The van der Waals surface area contributed by atoms with Crippen molar-refractivity contribution in [1.29, 1.82) is 0 Å². The molecule has 0 radical (unpaired) electrons. The van der Waals surface area contributed by atoms with Crippen molar-refractivity contribution >= 4 is 0 Å². The van der Waals surface area contributed by atoms with E-state index in [1.54, 1.807) is 0 Å². The smallest absolute Gasteiger partial charge is 0.0107 e. The zero-order valence-corrected chi connectivity index (χ0v) is 12.4. The molecule has 0 bridgehead atoms. The molecule has 2 heteroatoms. The lowest BCUT2D eigenvalue weighted by Crippen LogP contribution is -2.54. The monoisotopic (exact) mass is 252 g/mol. The van der Waals surface area contributed by atoms with Crippen LogP contribution in [-0.4, -0.2) is 25.7 Å². The lowest BCUT2D eigenvalue weighted by atomic mass is 9.67. The van der Waals surface area contributed by atoms with Crippen LogP contribution in [0.3, 0.4) is 0 Å². The Labute approximate surface area is 113 Å². The molecule has 0 aromatic heterocycles. The molecule has 0 spiro atoms. The van der Waals surface area contributed by atoms with Gasteiger partial charge in [-0.3, -0.25) is 0 Å². The van der Waals surface area contributed by atoms with Gasteiger partial charge in [0, 0.05) is 12.6 Å². The highest BCUT2D eigenvalue weighted by Crippen LogP contribution is 2.39. The van der Waals surface area contributed by atoms with Crippen LogP contribution in [0.15, 0.2) is 0 Å². The molecule has 2 nitrogen and oxygen atoms in total. The van der Waals surface area contributed by atoms with Gasteiger partial charge >= 0.3 is 0 Å². The summed E-state index contributed by atoms with van der Waals surface area (Å²) in [7, 11) is 0. The van der Waals surface area contributed by atoms with Crippen LogP contribution >= 0.6 is 0 Å². The van der Waals surface area contributed by atoms with Crippen molar-refractivity contribution in [2.75, 3.05) is 19.6 Å². The van der Waals surface area contributed by atoms with Gasteiger partial charge in [-0.05, 0) is 50.6 Å². The van der Waals surface area contributed by atoms with E-state index >= 15 is 0 Å². The van der Waals surface area contributed by atoms with Crippen molar-refractivity contribution in [3.63, 3.8) is 0 Å². The molecule has 18 heavy (non-hydrogen) atoms. The highest BCUT2D eigenvalue weighted by Gasteiger charge is 2.38. The van der Waals surface area contributed by atoms with Gasteiger partial charge in [0.15, 0.2) is 0 Å². The first-order chi connectivity index (χ1) is 8.73. The van der Waals surface area contributed by atoms with Crippen molar-refractivity contribution < 1.29 is 0 Å². The molecule has 2 atom stereocenters. The number of hydrogen-bond donors (Lipinski definition) is 2. The predicted molar refractivity (Wildman–Crippen MR) is 78.9 cm³/mol. The van der Waals surface area contributed by atoms with Gasteiger partial charge in [-0.25, -0.2) is 0 Å². The Bertz CT molecular complexity index is 233. The summed E-state index contributed by atoms with van der Waals surface area (Å²) >= 11 is 0. The fourth-order valence-electron chi connectivity index (χ4n) is 3.89. The molecule has 2 unspecified atom stereocenters. The van der Waals surface area contributed by atoms with E-state index in [9.17, 15) is 0 Å². The summed E-state index contributed by atoms with van der Waals surface area (Å²) in [6.45, 7) is 8.49. The fraction of sp³-hybridized carbons (Fsp3) is 1.00. The summed E-state index contributed by atoms with van der Waals surface area (Å²) in [5.41, 5.74) is 0.442. The van der Waals surface area contributed by atoms with Crippen molar-refractivity contribution in [3.8, 4) is 0 Å². The first-order valence-corrected chi connectivity index (χ1v) is 8.17. The van der Waals surface area contributed by atoms with Crippen LogP contribution in [0.2, 0.25) is 0 Å². The third-order valence-corrected chi connectivity index (χ3v) is 5.51. The lowest BCUT2D eigenvalue weighted by Gasteiger charge is -2.45. The minimum atomic E-state index is 0.442. The molecular weight excluding hydrogens is 220 g/mol. The topological polar surface area (TPSA) is 24.1 Å². The molecule has 1 aliphatic heterocycles. The Kier molecular flexibility index (Phi) is 5.50. The maximum atomic E-state index is 3.77. The Balaban J connectivity index is 2.03. The van der Waals surface area contributed by atoms with Crippen LogP contribution in [0.1, 0.15) is 65.2 Å². The van der Waals surface area contributed by atoms with Crippen LogP contribution in [0, 0.1) is 11.3 Å². The van der Waals surface area contributed by atoms with Crippen LogP contribution in [0.4, 0.5) is 0 Å². The molecule has 0 amide bonds.